The zero-order chi connectivity index (χ0) is 20.8. The highest BCUT2D eigenvalue weighted by atomic mass is 32.2. The number of rotatable bonds is 4. The second-order valence-corrected chi connectivity index (χ2v) is 8.70. The quantitative estimate of drug-likeness (QED) is 0.473. The summed E-state index contributed by atoms with van der Waals surface area (Å²) in [6.45, 7) is 1.29. The summed E-state index contributed by atoms with van der Waals surface area (Å²) in [5, 5.41) is 15.0. The number of imidazole rings is 1. The number of amides is 1. The zero-order valence-corrected chi connectivity index (χ0v) is 17.5. The van der Waals surface area contributed by atoms with Gasteiger partial charge in [-0.25, -0.2) is 4.98 Å². The number of hydrogen-bond donors (Lipinski definition) is 2. The highest BCUT2D eigenvalue weighted by molar-refractivity contribution is 8.01. The van der Waals surface area contributed by atoms with Crippen LogP contribution in [0.4, 0.5) is 5.13 Å². The maximum absolute atomic E-state index is 12.4. The van der Waals surface area contributed by atoms with Gasteiger partial charge in [0.15, 0.2) is 4.34 Å². The SMILES string of the molecule is Cn1c(C2CCN(C(=O)CSc3nnc(N)s3)CC2)nc2ccccc21.O=CO. The van der Waals surface area contributed by atoms with Crippen LogP contribution in [0, 0.1) is 0 Å². The third-order valence-electron chi connectivity index (χ3n) is 4.78. The van der Waals surface area contributed by atoms with E-state index in [0.717, 1.165) is 47.1 Å². The Labute approximate surface area is 175 Å². The van der Waals surface area contributed by atoms with E-state index in [0.29, 0.717) is 16.8 Å². The van der Waals surface area contributed by atoms with Crippen LogP contribution in [-0.4, -0.2) is 61.0 Å². The van der Waals surface area contributed by atoms with Crippen LogP contribution in [0.3, 0.4) is 0 Å². The number of likely N-dealkylation sites (tertiary alicyclic amines) is 1. The van der Waals surface area contributed by atoms with Crippen molar-refractivity contribution in [3.8, 4) is 0 Å². The molecule has 1 aromatic carbocycles. The second kappa shape index (κ2) is 9.70. The van der Waals surface area contributed by atoms with Gasteiger partial charge in [-0.15, -0.1) is 10.2 Å². The Kier molecular flexibility index (Phi) is 7.04. The van der Waals surface area contributed by atoms with Gasteiger partial charge in [-0.1, -0.05) is 35.2 Å². The normalized spacial score (nSPS) is 14.4. The molecule has 0 aliphatic carbocycles. The second-order valence-electron chi connectivity index (χ2n) is 6.47. The molecule has 1 aliphatic rings. The fourth-order valence-corrected chi connectivity index (χ4v) is 4.95. The first-order valence-corrected chi connectivity index (χ1v) is 10.8. The highest BCUT2D eigenvalue weighted by Gasteiger charge is 2.27. The average molecular weight is 435 g/mol. The van der Waals surface area contributed by atoms with Gasteiger partial charge in [0.25, 0.3) is 6.47 Å². The number of fused-ring (bicyclic) bond motifs is 1. The molecule has 154 valence electrons. The molecule has 3 N–H and O–H groups in total. The number of aromatic nitrogens is 4. The molecule has 9 nitrogen and oxygen atoms in total. The summed E-state index contributed by atoms with van der Waals surface area (Å²) in [5.41, 5.74) is 7.77. The Morgan fingerprint density at radius 1 is 1.34 bits per heavy atom. The van der Waals surface area contributed by atoms with Crippen molar-refractivity contribution >= 4 is 51.6 Å². The summed E-state index contributed by atoms with van der Waals surface area (Å²) in [5.74, 6) is 2.04. The zero-order valence-electron chi connectivity index (χ0n) is 15.9. The molecule has 2 aromatic heterocycles. The highest BCUT2D eigenvalue weighted by Crippen LogP contribution is 2.30. The number of nitrogens with two attached hydrogens (primary N) is 1. The number of carboxylic acid groups (broad SMARTS) is 1. The Bertz CT molecular complexity index is 981. The number of anilines is 1. The van der Waals surface area contributed by atoms with Gasteiger partial charge in [0.2, 0.25) is 11.0 Å². The lowest BCUT2D eigenvalue weighted by Crippen LogP contribution is -2.39. The van der Waals surface area contributed by atoms with Crippen LogP contribution in [0.15, 0.2) is 28.6 Å². The third kappa shape index (κ3) is 5.04. The topological polar surface area (TPSA) is 127 Å². The summed E-state index contributed by atoms with van der Waals surface area (Å²) >= 11 is 2.72. The summed E-state index contributed by atoms with van der Waals surface area (Å²) in [6, 6.07) is 8.21. The van der Waals surface area contributed by atoms with E-state index >= 15 is 0 Å². The molecule has 11 heteroatoms. The molecule has 1 fully saturated rings. The van der Waals surface area contributed by atoms with Crippen molar-refractivity contribution < 1.29 is 14.7 Å². The molecule has 1 saturated heterocycles. The van der Waals surface area contributed by atoms with Crippen molar-refractivity contribution in [2.75, 3.05) is 24.6 Å². The van der Waals surface area contributed by atoms with E-state index in [9.17, 15) is 4.79 Å². The number of benzene rings is 1. The molecule has 0 saturated carbocycles. The average Bonchev–Trinajstić information content (AvgIpc) is 3.30. The Morgan fingerprint density at radius 3 is 2.66 bits per heavy atom. The Morgan fingerprint density at radius 2 is 2.03 bits per heavy atom. The third-order valence-corrected chi connectivity index (χ3v) is 6.65. The standard InChI is InChI=1S/C17H20N6OS2.CH2O2/c1-22-13-5-3-2-4-12(13)19-15(22)11-6-8-23(9-7-11)14(24)10-25-17-21-20-16(18)26-17;2-1-3/h2-5,11H,6-10H2,1H3,(H2,18,20);1H,(H,2,3). The van der Waals surface area contributed by atoms with E-state index in [1.54, 1.807) is 0 Å². The molecule has 0 spiro atoms. The predicted molar refractivity (Wildman–Crippen MR) is 113 cm³/mol. The van der Waals surface area contributed by atoms with Crippen molar-refractivity contribution in [2.45, 2.75) is 23.1 Å². The van der Waals surface area contributed by atoms with Crippen LogP contribution >= 0.6 is 23.1 Å². The minimum atomic E-state index is -0.250. The minimum Gasteiger partial charge on any atom is -0.483 e. The van der Waals surface area contributed by atoms with E-state index in [2.05, 4.69) is 33.9 Å². The lowest BCUT2D eigenvalue weighted by Gasteiger charge is -2.31. The Hall–Kier alpha value is -2.66. The van der Waals surface area contributed by atoms with Gasteiger partial charge in [-0.05, 0) is 25.0 Å². The lowest BCUT2D eigenvalue weighted by atomic mass is 9.96. The van der Waals surface area contributed by atoms with Crippen LogP contribution in [0.2, 0.25) is 0 Å². The van der Waals surface area contributed by atoms with Crippen LogP contribution in [0.25, 0.3) is 11.0 Å². The minimum absolute atomic E-state index is 0.146. The van der Waals surface area contributed by atoms with E-state index in [1.807, 2.05) is 17.0 Å². The van der Waals surface area contributed by atoms with E-state index in [1.165, 1.54) is 23.1 Å². The monoisotopic (exact) mass is 434 g/mol. The number of carbonyl (C=O) groups excluding carboxylic acids is 1. The van der Waals surface area contributed by atoms with Crippen LogP contribution in [-0.2, 0) is 16.6 Å². The molecule has 3 aromatic rings. The first-order valence-electron chi connectivity index (χ1n) is 9.02. The number of nitrogens with zero attached hydrogens (tertiary/aromatic N) is 5. The number of thioether (sulfide) groups is 1. The van der Waals surface area contributed by atoms with Gasteiger partial charge in [-0.3, -0.25) is 9.59 Å². The van der Waals surface area contributed by atoms with Crippen molar-refractivity contribution in [1.82, 2.24) is 24.6 Å². The predicted octanol–water partition coefficient (Wildman–Crippen LogP) is 2.21. The summed E-state index contributed by atoms with van der Waals surface area (Å²) in [6.07, 6.45) is 1.89. The molecule has 0 bridgehead atoms. The van der Waals surface area contributed by atoms with Gasteiger partial charge in [0, 0.05) is 26.1 Å². The van der Waals surface area contributed by atoms with E-state index < -0.39 is 0 Å². The number of carbonyl (C=O) groups is 2. The molecule has 29 heavy (non-hydrogen) atoms. The summed E-state index contributed by atoms with van der Waals surface area (Å²) in [7, 11) is 2.08. The van der Waals surface area contributed by atoms with Crippen molar-refractivity contribution in [2.24, 2.45) is 7.05 Å². The molecular formula is C18H22N6O3S2. The molecule has 3 heterocycles. The molecule has 0 radical (unpaired) electrons. The molecule has 1 amide bonds. The fraction of sp³-hybridized carbons (Fsp3) is 0.389. The number of piperidine rings is 1. The largest absolute Gasteiger partial charge is 0.483 e. The van der Waals surface area contributed by atoms with Gasteiger partial charge < -0.3 is 20.3 Å². The van der Waals surface area contributed by atoms with Crippen molar-refractivity contribution in [3.63, 3.8) is 0 Å². The number of aryl methyl sites for hydroxylation is 1. The van der Waals surface area contributed by atoms with Gasteiger partial charge in [0.1, 0.15) is 5.82 Å². The number of nitrogen functional groups attached to an aromatic ring is 1. The van der Waals surface area contributed by atoms with Crippen LogP contribution < -0.4 is 5.73 Å². The van der Waals surface area contributed by atoms with Gasteiger partial charge >= 0.3 is 0 Å². The van der Waals surface area contributed by atoms with Gasteiger partial charge in [0.05, 0.1) is 16.8 Å². The molecule has 1 aliphatic heterocycles. The van der Waals surface area contributed by atoms with Crippen LogP contribution in [0.5, 0.6) is 0 Å². The number of para-hydroxylation sites is 2. The maximum atomic E-state index is 12.4. The van der Waals surface area contributed by atoms with Crippen molar-refractivity contribution in [3.05, 3.63) is 30.1 Å². The van der Waals surface area contributed by atoms with Gasteiger partial charge in [-0.2, -0.15) is 0 Å². The Balaban J connectivity index is 0.000000755. The molecule has 0 unspecified atom stereocenters. The van der Waals surface area contributed by atoms with E-state index in [4.69, 9.17) is 20.6 Å². The van der Waals surface area contributed by atoms with Crippen LogP contribution in [0.1, 0.15) is 24.6 Å². The maximum Gasteiger partial charge on any atom is 0.290 e. The summed E-state index contributed by atoms with van der Waals surface area (Å²) < 4.78 is 2.93. The smallest absolute Gasteiger partial charge is 0.290 e. The molecular weight excluding hydrogens is 412 g/mol. The van der Waals surface area contributed by atoms with Crippen molar-refractivity contribution in [1.29, 1.82) is 0 Å². The fourth-order valence-electron chi connectivity index (χ4n) is 3.41. The molecule has 4 rings (SSSR count). The molecule has 0 atom stereocenters. The summed E-state index contributed by atoms with van der Waals surface area (Å²) in [4.78, 5) is 27.6. The van der Waals surface area contributed by atoms with E-state index in [-0.39, 0.29) is 12.4 Å². The lowest BCUT2D eigenvalue weighted by molar-refractivity contribution is -0.129. The number of hydrogen-bond acceptors (Lipinski definition) is 8. The first kappa shape index (κ1) is 21.1. The first-order chi connectivity index (χ1) is 14.0.